The lowest BCUT2D eigenvalue weighted by atomic mass is 10.1. The maximum Gasteiger partial charge on any atom is 0.417 e. The van der Waals surface area contributed by atoms with Gasteiger partial charge in [0, 0.05) is 24.9 Å². The van der Waals surface area contributed by atoms with Crippen molar-refractivity contribution >= 4 is 27.2 Å². The smallest absolute Gasteiger partial charge is 0.322 e. The Morgan fingerprint density at radius 3 is 2.10 bits per heavy atom. The highest BCUT2D eigenvalue weighted by molar-refractivity contribution is 7.89. The normalized spacial score (nSPS) is 16.0. The largest absolute Gasteiger partial charge is 0.417 e. The molecular weight excluding hydrogens is 405 g/mol. The number of carbonyl (C=O) groups excluding carboxylic acids is 1. The van der Waals surface area contributed by atoms with E-state index in [0.717, 1.165) is 12.8 Å². The number of nitrogens with zero attached hydrogens (tertiary/aromatic N) is 1. The van der Waals surface area contributed by atoms with Crippen molar-refractivity contribution in [2.75, 3.05) is 18.4 Å². The predicted octanol–water partition coefficient (Wildman–Crippen LogP) is 4.06. The Kier molecular flexibility index (Phi) is 6.09. The van der Waals surface area contributed by atoms with Gasteiger partial charge >= 0.3 is 6.18 Å². The molecule has 0 atom stereocenters. The monoisotopic (exact) mass is 424 g/mol. The number of benzene rings is 2. The number of carbonyl (C=O) groups is 1. The zero-order chi connectivity index (χ0) is 21.1. The minimum Gasteiger partial charge on any atom is -0.322 e. The molecule has 1 aliphatic heterocycles. The van der Waals surface area contributed by atoms with Gasteiger partial charge in [-0.1, -0.05) is 30.3 Å². The fourth-order valence-corrected chi connectivity index (χ4v) is 4.56. The molecule has 2 aromatic carbocycles. The number of hydrogen-bond donors (Lipinski definition) is 1. The first-order valence-electron chi connectivity index (χ1n) is 8.93. The van der Waals surface area contributed by atoms with Gasteiger partial charge in [-0.25, -0.2) is 8.42 Å². The molecule has 1 aliphatic rings. The summed E-state index contributed by atoms with van der Waals surface area (Å²) < 4.78 is 66.3. The molecule has 154 valence electrons. The minimum absolute atomic E-state index is 0.0770. The molecule has 1 heterocycles. The first-order chi connectivity index (χ1) is 13.7. The summed E-state index contributed by atoms with van der Waals surface area (Å²) in [5.41, 5.74) is -0.993. The zero-order valence-electron chi connectivity index (χ0n) is 15.3. The number of anilines is 1. The first-order valence-corrected chi connectivity index (χ1v) is 10.4. The third-order valence-corrected chi connectivity index (χ3v) is 6.40. The van der Waals surface area contributed by atoms with Crippen LogP contribution in [0.2, 0.25) is 0 Å². The van der Waals surface area contributed by atoms with Gasteiger partial charge in [-0.05, 0) is 42.7 Å². The molecule has 1 fully saturated rings. The number of halogens is 3. The summed E-state index contributed by atoms with van der Waals surface area (Å²) in [6.07, 6.45) is -2.60. The van der Waals surface area contributed by atoms with E-state index in [4.69, 9.17) is 0 Å². The molecule has 0 aromatic heterocycles. The van der Waals surface area contributed by atoms with E-state index in [2.05, 4.69) is 5.32 Å². The molecule has 9 heteroatoms. The van der Waals surface area contributed by atoms with Crippen LogP contribution in [-0.2, 0) is 14.8 Å². The van der Waals surface area contributed by atoms with Gasteiger partial charge in [-0.3, -0.25) is 4.79 Å². The van der Waals surface area contributed by atoms with E-state index < -0.39 is 27.7 Å². The number of allylic oxidation sites excluding steroid dienone is 1. The van der Waals surface area contributed by atoms with Crippen LogP contribution in [0.3, 0.4) is 0 Å². The van der Waals surface area contributed by atoms with Gasteiger partial charge < -0.3 is 5.32 Å². The Morgan fingerprint density at radius 2 is 1.55 bits per heavy atom. The fraction of sp³-hybridized carbons (Fsp3) is 0.250. The Morgan fingerprint density at radius 1 is 0.966 bits per heavy atom. The Hall–Kier alpha value is -2.65. The molecule has 29 heavy (non-hydrogen) atoms. The summed E-state index contributed by atoms with van der Waals surface area (Å²) in [5, 5.41) is 2.34. The SMILES string of the molecule is O=C(/C=C(\c1ccccc1)C(F)(F)F)Nc1ccc(S(=O)(=O)N2CCCC2)cc1. The Labute approximate surface area is 166 Å². The third-order valence-electron chi connectivity index (χ3n) is 4.49. The van der Waals surface area contributed by atoms with Gasteiger partial charge in [-0.15, -0.1) is 0 Å². The van der Waals surface area contributed by atoms with Crippen molar-refractivity contribution in [1.29, 1.82) is 0 Å². The molecule has 0 bridgehead atoms. The van der Waals surface area contributed by atoms with Crippen molar-refractivity contribution < 1.29 is 26.4 Å². The maximum atomic E-state index is 13.3. The van der Waals surface area contributed by atoms with E-state index >= 15 is 0 Å². The number of amides is 1. The van der Waals surface area contributed by atoms with E-state index in [1.54, 1.807) is 6.07 Å². The highest BCUT2D eigenvalue weighted by atomic mass is 32.2. The van der Waals surface area contributed by atoms with Crippen LogP contribution in [-0.4, -0.2) is 37.9 Å². The average Bonchev–Trinajstić information content (AvgIpc) is 3.22. The minimum atomic E-state index is -4.70. The summed E-state index contributed by atoms with van der Waals surface area (Å²) in [6, 6.07) is 12.4. The topological polar surface area (TPSA) is 66.5 Å². The standard InChI is InChI=1S/C20H19F3N2O3S/c21-20(22,23)18(15-6-2-1-3-7-15)14-19(26)24-16-8-10-17(11-9-16)29(27,28)25-12-4-5-13-25/h1-3,6-11,14H,4-5,12-13H2,(H,24,26)/b18-14+. The zero-order valence-corrected chi connectivity index (χ0v) is 16.1. The third kappa shape index (κ3) is 5.04. The summed E-state index contributed by atoms with van der Waals surface area (Å²) in [5.74, 6) is -0.962. The van der Waals surface area contributed by atoms with Crippen molar-refractivity contribution in [3.05, 3.63) is 66.2 Å². The summed E-state index contributed by atoms with van der Waals surface area (Å²) in [7, 11) is -3.60. The molecule has 2 aromatic rings. The highest BCUT2D eigenvalue weighted by Gasteiger charge is 2.35. The predicted molar refractivity (Wildman–Crippen MR) is 104 cm³/mol. The van der Waals surface area contributed by atoms with Gasteiger partial charge in [0.25, 0.3) is 0 Å². The second-order valence-corrected chi connectivity index (χ2v) is 8.48. The van der Waals surface area contributed by atoms with Gasteiger partial charge in [-0.2, -0.15) is 17.5 Å². The van der Waals surface area contributed by atoms with Crippen LogP contribution in [0, 0.1) is 0 Å². The summed E-state index contributed by atoms with van der Waals surface area (Å²) >= 11 is 0. The molecule has 0 spiro atoms. The molecular formula is C20H19F3N2O3S. The van der Waals surface area contributed by atoms with E-state index in [0.29, 0.717) is 19.2 Å². The number of nitrogens with one attached hydrogen (secondary N) is 1. The van der Waals surface area contributed by atoms with Gasteiger partial charge in [0.15, 0.2) is 0 Å². The van der Waals surface area contributed by atoms with Crippen molar-refractivity contribution in [1.82, 2.24) is 4.31 Å². The average molecular weight is 424 g/mol. The summed E-state index contributed by atoms with van der Waals surface area (Å²) in [4.78, 5) is 12.2. The van der Waals surface area contributed by atoms with Gasteiger partial charge in [0.05, 0.1) is 10.5 Å². The van der Waals surface area contributed by atoms with E-state index in [-0.39, 0.29) is 16.1 Å². The molecule has 1 N–H and O–H groups in total. The van der Waals surface area contributed by atoms with E-state index in [9.17, 15) is 26.4 Å². The second kappa shape index (κ2) is 8.38. The quantitative estimate of drug-likeness (QED) is 0.737. The number of sulfonamides is 1. The van der Waals surface area contributed by atoms with Crippen LogP contribution in [0.25, 0.3) is 5.57 Å². The maximum absolute atomic E-state index is 13.3. The lowest BCUT2D eigenvalue weighted by Gasteiger charge is -2.15. The van der Waals surface area contributed by atoms with Crippen molar-refractivity contribution in [2.45, 2.75) is 23.9 Å². The van der Waals surface area contributed by atoms with Crippen LogP contribution >= 0.6 is 0 Å². The molecule has 1 saturated heterocycles. The Bertz CT molecular complexity index is 996. The summed E-state index contributed by atoms with van der Waals surface area (Å²) in [6.45, 7) is 0.927. The lowest BCUT2D eigenvalue weighted by molar-refractivity contribution is -0.112. The fourth-order valence-electron chi connectivity index (χ4n) is 3.04. The van der Waals surface area contributed by atoms with Crippen LogP contribution in [0.4, 0.5) is 18.9 Å². The van der Waals surface area contributed by atoms with Crippen LogP contribution in [0.15, 0.2) is 65.6 Å². The molecule has 3 rings (SSSR count). The molecule has 5 nitrogen and oxygen atoms in total. The molecule has 0 unspecified atom stereocenters. The molecule has 1 amide bonds. The number of hydrogen-bond acceptors (Lipinski definition) is 3. The molecule has 0 radical (unpaired) electrons. The lowest BCUT2D eigenvalue weighted by Crippen LogP contribution is -2.27. The van der Waals surface area contributed by atoms with E-state index in [1.165, 1.54) is 52.8 Å². The van der Waals surface area contributed by atoms with Crippen LogP contribution in [0.1, 0.15) is 18.4 Å². The van der Waals surface area contributed by atoms with E-state index in [1.807, 2.05) is 0 Å². The van der Waals surface area contributed by atoms with Crippen molar-refractivity contribution in [3.63, 3.8) is 0 Å². The highest BCUT2D eigenvalue weighted by Crippen LogP contribution is 2.33. The van der Waals surface area contributed by atoms with Crippen LogP contribution < -0.4 is 5.32 Å². The first kappa shape index (κ1) is 21.1. The second-order valence-electron chi connectivity index (χ2n) is 6.55. The van der Waals surface area contributed by atoms with Gasteiger partial charge in [0.1, 0.15) is 0 Å². The Balaban J connectivity index is 1.77. The molecule has 0 saturated carbocycles. The van der Waals surface area contributed by atoms with Gasteiger partial charge in [0.2, 0.25) is 15.9 Å². The number of rotatable bonds is 5. The van der Waals surface area contributed by atoms with Crippen molar-refractivity contribution in [3.8, 4) is 0 Å². The van der Waals surface area contributed by atoms with Crippen molar-refractivity contribution in [2.24, 2.45) is 0 Å². The number of alkyl halides is 3. The van der Waals surface area contributed by atoms with Crippen LogP contribution in [0.5, 0.6) is 0 Å². The molecule has 0 aliphatic carbocycles.